The van der Waals surface area contributed by atoms with Crippen molar-refractivity contribution >= 4 is 29.2 Å². The van der Waals surface area contributed by atoms with Gasteiger partial charge in [0.15, 0.2) is 0 Å². The van der Waals surface area contributed by atoms with E-state index >= 15 is 0 Å². The van der Waals surface area contributed by atoms with Crippen LogP contribution in [0.15, 0.2) is 48.5 Å². The van der Waals surface area contributed by atoms with Gasteiger partial charge < -0.3 is 20.5 Å². The Morgan fingerprint density at radius 2 is 1.67 bits per heavy atom. The summed E-state index contributed by atoms with van der Waals surface area (Å²) in [6, 6.07) is 13.1. The van der Waals surface area contributed by atoms with Gasteiger partial charge in [0.05, 0.1) is 12.0 Å². The summed E-state index contributed by atoms with van der Waals surface area (Å²) in [5, 5.41) is 14.7. The summed E-state index contributed by atoms with van der Waals surface area (Å²) in [4.78, 5) is 35.4. The minimum Gasteiger partial charge on any atom is -0.478 e. The van der Waals surface area contributed by atoms with Crippen molar-refractivity contribution in [2.45, 2.75) is 25.4 Å². The molecule has 1 aliphatic heterocycles. The van der Waals surface area contributed by atoms with Crippen LogP contribution in [-0.4, -0.2) is 35.6 Å². The lowest BCUT2D eigenvalue weighted by Gasteiger charge is -2.11. The number of hydrogen-bond acceptors (Lipinski definition) is 4. The zero-order chi connectivity index (χ0) is 19.2. The van der Waals surface area contributed by atoms with Gasteiger partial charge in [-0.25, -0.2) is 4.79 Å². The van der Waals surface area contributed by atoms with E-state index in [1.165, 1.54) is 6.07 Å². The average molecular weight is 368 g/mol. The van der Waals surface area contributed by atoms with E-state index < -0.39 is 12.1 Å². The topological polar surface area (TPSA) is 105 Å². The maximum absolute atomic E-state index is 12.2. The van der Waals surface area contributed by atoms with Gasteiger partial charge in [0.1, 0.15) is 6.10 Å². The number of carboxylic acid groups (broad SMARTS) is 1. The van der Waals surface area contributed by atoms with Gasteiger partial charge in [-0.15, -0.1) is 0 Å². The molecule has 1 saturated heterocycles. The van der Waals surface area contributed by atoms with Crippen LogP contribution in [0.1, 0.15) is 28.8 Å². The molecule has 7 nitrogen and oxygen atoms in total. The maximum Gasteiger partial charge on any atom is 0.335 e. The molecule has 140 valence electrons. The Morgan fingerprint density at radius 1 is 1.00 bits per heavy atom. The lowest BCUT2D eigenvalue weighted by Crippen LogP contribution is -2.26. The van der Waals surface area contributed by atoms with Crippen molar-refractivity contribution in [2.24, 2.45) is 0 Å². The van der Waals surface area contributed by atoms with E-state index in [9.17, 15) is 19.5 Å². The monoisotopic (exact) mass is 368 g/mol. The van der Waals surface area contributed by atoms with E-state index in [4.69, 9.17) is 4.74 Å². The fourth-order valence-electron chi connectivity index (χ4n) is 2.91. The molecule has 1 unspecified atom stereocenters. The quantitative estimate of drug-likeness (QED) is 0.727. The van der Waals surface area contributed by atoms with Crippen molar-refractivity contribution in [3.05, 3.63) is 59.7 Å². The first kappa shape index (κ1) is 18.6. The van der Waals surface area contributed by atoms with Gasteiger partial charge >= 0.3 is 5.97 Å². The highest BCUT2D eigenvalue weighted by Gasteiger charge is 2.23. The number of carboxylic acids is 1. The molecule has 0 radical (unpaired) electrons. The molecule has 7 heteroatoms. The Bertz CT molecular complexity index is 842. The number of amides is 2. The summed E-state index contributed by atoms with van der Waals surface area (Å²) in [5.41, 5.74) is 1.73. The predicted octanol–water partition coefficient (Wildman–Crippen LogP) is 2.68. The number of carbonyl (C=O) groups excluding carboxylic acids is 2. The normalized spacial score (nSPS) is 15.9. The van der Waals surface area contributed by atoms with Crippen LogP contribution in [0.3, 0.4) is 0 Å². The van der Waals surface area contributed by atoms with Crippen molar-refractivity contribution in [2.75, 3.05) is 17.2 Å². The molecule has 0 aromatic heterocycles. The molecular formula is C20H20N2O5. The van der Waals surface area contributed by atoms with Crippen LogP contribution < -0.4 is 10.6 Å². The second-order valence-corrected chi connectivity index (χ2v) is 6.26. The third-order valence-electron chi connectivity index (χ3n) is 4.26. The number of rotatable bonds is 6. The first-order valence-electron chi connectivity index (χ1n) is 8.66. The lowest BCUT2D eigenvalue weighted by atomic mass is 10.0. The minimum atomic E-state index is -1.07. The highest BCUT2D eigenvalue weighted by Crippen LogP contribution is 2.18. The second-order valence-electron chi connectivity index (χ2n) is 6.26. The van der Waals surface area contributed by atoms with Crippen LogP contribution >= 0.6 is 0 Å². The van der Waals surface area contributed by atoms with Gasteiger partial charge in [-0.2, -0.15) is 0 Å². The molecule has 1 fully saturated rings. The number of carbonyl (C=O) groups is 3. The summed E-state index contributed by atoms with van der Waals surface area (Å²) < 4.78 is 5.34. The van der Waals surface area contributed by atoms with E-state index in [-0.39, 0.29) is 23.8 Å². The third-order valence-corrected chi connectivity index (χ3v) is 4.26. The predicted molar refractivity (Wildman–Crippen MR) is 99.8 cm³/mol. The van der Waals surface area contributed by atoms with Crippen LogP contribution in [0.25, 0.3) is 0 Å². The van der Waals surface area contributed by atoms with E-state index in [1.54, 1.807) is 42.5 Å². The Kier molecular flexibility index (Phi) is 5.83. The van der Waals surface area contributed by atoms with Crippen molar-refractivity contribution in [1.29, 1.82) is 0 Å². The van der Waals surface area contributed by atoms with Crippen LogP contribution in [0.2, 0.25) is 0 Å². The molecule has 3 rings (SSSR count). The molecule has 0 aliphatic carbocycles. The molecule has 2 aromatic carbocycles. The molecule has 27 heavy (non-hydrogen) atoms. The minimum absolute atomic E-state index is 0.0417. The SMILES string of the molecule is O=C(Cc1ccccc1C(=O)O)Nc1ccc(NC(=O)C2CCCO2)cc1. The van der Waals surface area contributed by atoms with Crippen LogP contribution in [0.4, 0.5) is 11.4 Å². The largest absolute Gasteiger partial charge is 0.478 e. The van der Waals surface area contributed by atoms with Gasteiger partial charge in [-0.1, -0.05) is 18.2 Å². The summed E-state index contributed by atoms with van der Waals surface area (Å²) in [6.07, 6.45) is 1.16. The number of aromatic carboxylic acids is 1. The summed E-state index contributed by atoms with van der Waals surface area (Å²) in [7, 11) is 0. The fraction of sp³-hybridized carbons (Fsp3) is 0.250. The van der Waals surface area contributed by atoms with Crippen LogP contribution in [0, 0.1) is 0 Å². The molecule has 0 spiro atoms. The van der Waals surface area contributed by atoms with E-state index in [0.717, 1.165) is 12.8 Å². The molecule has 0 saturated carbocycles. The number of ether oxygens (including phenoxy) is 1. The summed E-state index contributed by atoms with van der Waals surface area (Å²) in [5.74, 6) is -1.56. The molecule has 2 amide bonds. The number of nitrogens with one attached hydrogen (secondary N) is 2. The first-order valence-corrected chi connectivity index (χ1v) is 8.66. The van der Waals surface area contributed by atoms with Gasteiger partial charge in [0.2, 0.25) is 5.91 Å². The van der Waals surface area contributed by atoms with Crippen molar-refractivity contribution in [3.63, 3.8) is 0 Å². The molecule has 2 aromatic rings. The third kappa shape index (κ3) is 4.92. The van der Waals surface area contributed by atoms with Crippen LogP contribution in [-0.2, 0) is 20.7 Å². The van der Waals surface area contributed by atoms with Crippen LogP contribution in [0.5, 0.6) is 0 Å². The second kappa shape index (κ2) is 8.46. The summed E-state index contributed by atoms with van der Waals surface area (Å²) in [6.45, 7) is 0.605. The zero-order valence-corrected chi connectivity index (χ0v) is 14.6. The van der Waals surface area contributed by atoms with Gasteiger partial charge in [0, 0.05) is 18.0 Å². The van der Waals surface area contributed by atoms with E-state index in [0.29, 0.717) is 23.5 Å². The number of benzene rings is 2. The van der Waals surface area contributed by atoms with Crippen molar-refractivity contribution in [1.82, 2.24) is 0 Å². The molecule has 0 bridgehead atoms. The Morgan fingerprint density at radius 3 is 2.30 bits per heavy atom. The number of anilines is 2. The fourth-order valence-corrected chi connectivity index (χ4v) is 2.91. The Hall–Kier alpha value is -3.19. The maximum atomic E-state index is 12.2. The Balaban J connectivity index is 1.57. The first-order chi connectivity index (χ1) is 13.0. The highest BCUT2D eigenvalue weighted by molar-refractivity contribution is 5.97. The van der Waals surface area contributed by atoms with Crippen molar-refractivity contribution < 1.29 is 24.2 Å². The van der Waals surface area contributed by atoms with Gasteiger partial charge in [-0.3, -0.25) is 9.59 Å². The zero-order valence-electron chi connectivity index (χ0n) is 14.6. The van der Waals surface area contributed by atoms with Gasteiger partial charge in [-0.05, 0) is 48.7 Å². The van der Waals surface area contributed by atoms with E-state index in [2.05, 4.69) is 10.6 Å². The lowest BCUT2D eigenvalue weighted by molar-refractivity contribution is -0.124. The molecule has 1 aliphatic rings. The Labute approximate surface area is 156 Å². The smallest absolute Gasteiger partial charge is 0.335 e. The molecule has 1 heterocycles. The van der Waals surface area contributed by atoms with Gasteiger partial charge in [0.25, 0.3) is 5.91 Å². The highest BCUT2D eigenvalue weighted by atomic mass is 16.5. The number of hydrogen-bond donors (Lipinski definition) is 3. The van der Waals surface area contributed by atoms with Crippen molar-refractivity contribution in [3.8, 4) is 0 Å². The summed E-state index contributed by atoms with van der Waals surface area (Å²) >= 11 is 0. The standard InChI is InChI=1S/C20H20N2O5/c23-18(12-13-4-1-2-5-16(13)20(25)26)21-14-7-9-15(10-8-14)22-19(24)17-6-3-11-27-17/h1-2,4-5,7-10,17H,3,6,11-12H2,(H,21,23)(H,22,24)(H,25,26). The molecule has 1 atom stereocenters. The molecule has 3 N–H and O–H groups in total. The van der Waals surface area contributed by atoms with E-state index in [1.807, 2.05) is 0 Å². The average Bonchev–Trinajstić information content (AvgIpc) is 3.18. The molecular weight excluding hydrogens is 348 g/mol.